The number of urea groups is 1. The Morgan fingerprint density at radius 3 is 2.86 bits per heavy atom. The Bertz CT molecular complexity index is 519. The topological polar surface area (TPSA) is 70.7 Å². The standard InChI is InChI=1S/C15H21N3O3/c1-11-6-3-4-7-13(11)21-9-5-8-18(2)14(19)12-10-16-15(20)17-12/h3-4,6-7,12H,5,8-10H2,1-2H3,(H2,16,17,20)/t12-/m0/s1. The quantitative estimate of drug-likeness (QED) is 0.765. The highest BCUT2D eigenvalue weighted by atomic mass is 16.5. The summed E-state index contributed by atoms with van der Waals surface area (Å²) in [6.07, 6.45) is 0.741. The summed E-state index contributed by atoms with van der Waals surface area (Å²) in [6.45, 7) is 3.50. The maximum atomic E-state index is 12.0. The summed E-state index contributed by atoms with van der Waals surface area (Å²) >= 11 is 0. The molecular formula is C15H21N3O3. The van der Waals surface area contributed by atoms with Gasteiger partial charge in [0.25, 0.3) is 0 Å². The third kappa shape index (κ3) is 4.11. The van der Waals surface area contributed by atoms with Crippen LogP contribution >= 0.6 is 0 Å². The molecule has 1 aliphatic heterocycles. The number of hydrogen-bond donors (Lipinski definition) is 2. The Morgan fingerprint density at radius 2 is 2.19 bits per heavy atom. The molecule has 0 saturated carbocycles. The van der Waals surface area contributed by atoms with Gasteiger partial charge in [0, 0.05) is 20.1 Å². The minimum Gasteiger partial charge on any atom is -0.493 e. The van der Waals surface area contributed by atoms with Gasteiger partial charge in [-0.05, 0) is 25.0 Å². The summed E-state index contributed by atoms with van der Waals surface area (Å²) in [7, 11) is 1.74. The van der Waals surface area contributed by atoms with Crippen LogP contribution in [0.25, 0.3) is 0 Å². The fourth-order valence-electron chi connectivity index (χ4n) is 2.18. The van der Waals surface area contributed by atoms with Crippen molar-refractivity contribution in [3.05, 3.63) is 29.8 Å². The van der Waals surface area contributed by atoms with Crippen LogP contribution in [0.1, 0.15) is 12.0 Å². The Balaban J connectivity index is 1.69. The first kappa shape index (κ1) is 15.2. The van der Waals surface area contributed by atoms with E-state index in [4.69, 9.17) is 4.74 Å². The number of amides is 3. The molecule has 0 spiro atoms. The molecule has 0 aliphatic carbocycles. The molecule has 2 N–H and O–H groups in total. The molecule has 1 fully saturated rings. The lowest BCUT2D eigenvalue weighted by molar-refractivity contribution is -0.131. The summed E-state index contributed by atoms with van der Waals surface area (Å²) < 4.78 is 5.69. The van der Waals surface area contributed by atoms with Crippen molar-refractivity contribution in [3.63, 3.8) is 0 Å². The number of nitrogens with zero attached hydrogens (tertiary/aromatic N) is 1. The van der Waals surface area contributed by atoms with Crippen molar-refractivity contribution >= 4 is 11.9 Å². The van der Waals surface area contributed by atoms with Gasteiger partial charge in [-0.3, -0.25) is 4.79 Å². The number of nitrogens with one attached hydrogen (secondary N) is 2. The molecule has 21 heavy (non-hydrogen) atoms. The molecule has 1 aromatic rings. The smallest absolute Gasteiger partial charge is 0.315 e. The number of carbonyl (C=O) groups excluding carboxylic acids is 2. The SMILES string of the molecule is Cc1ccccc1OCCCN(C)C(=O)[C@@H]1CNC(=O)N1. The fourth-order valence-corrected chi connectivity index (χ4v) is 2.18. The molecule has 6 heteroatoms. The van der Waals surface area contributed by atoms with Gasteiger partial charge < -0.3 is 20.3 Å². The van der Waals surface area contributed by atoms with Crippen LogP contribution in [0.2, 0.25) is 0 Å². The first-order valence-electron chi connectivity index (χ1n) is 7.05. The van der Waals surface area contributed by atoms with E-state index in [2.05, 4.69) is 10.6 Å². The summed E-state index contributed by atoms with van der Waals surface area (Å²) in [4.78, 5) is 24.7. The third-order valence-corrected chi connectivity index (χ3v) is 3.44. The van der Waals surface area contributed by atoms with E-state index in [1.165, 1.54) is 0 Å². The number of benzene rings is 1. The number of para-hydroxylation sites is 1. The lowest BCUT2D eigenvalue weighted by Crippen LogP contribution is -2.44. The Labute approximate surface area is 124 Å². The van der Waals surface area contributed by atoms with Gasteiger partial charge in [0.15, 0.2) is 0 Å². The maximum Gasteiger partial charge on any atom is 0.315 e. The summed E-state index contributed by atoms with van der Waals surface area (Å²) in [6, 6.07) is 7.10. The highest BCUT2D eigenvalue weighted by Gasteiger charge is 2.28. The normalized spacial score (nSPS) is 17.0. The summed E-state index contributed by atoms with van der Waals surface area (Å²) in [5.41, 5.74) is 1.10. The fraction of sp³-hybridized carbons (Fsp3) is 0.467. The Hall–Kier alpha value is -2.24. The van der Waals surface area contributed by atoms with Crippen molar-refractivity contribution in [2.75, 3.05) is 26.7 Å². The van der Waals surface area contributed by atoms with Gasteiger partial charge in [-0.25, -0.2) is 4.79 Å². The van der Waals surface area contributed by atoms with E-state index in [1.54, 1.807) is 11.9 Å². The van der Waals surface area contributed by atoms with Crippen LogP contribution in [-0.2, 0) is 4.79 Å². The number of ether oxygens (including phenoxy) is 1. The maximum absolute atomic E-state index is 12.0. The molecule has 0 aromatic heterocycles. The van der Waals surface area contributed by atoms with E-state index in [0.29, 0.717) is 19.7 Å². The van der Waals surface area contributed by atoms with Gasteiger partial charge in [-0.2, -0.15) is 0 Å². The zero-order valence-electron chi connectivity index (χ0n) is 12.4. The van der Waals surface area contributed by atoms with Gasteiger partial charge in [-0.15, -0.1) is 0 Å². The predicted molar refractivity (Wildman–Crippen MR) is 79.3 cm³/mol. The first-order valence-corrected chi connectivity index (χ1v) is 7.05. The molecule has 1 aromatic carbocycles. The average molecular weight is 291 g/mol. The second kappa shape index (κ2) is 6.97. The van der Waals surface area contributed by atoms with Crippen LogP contribution in [0.4, 0.5) is 4.79 Å². The van der Waals surface area contributed by atoms with E-state index in [0.717, 1.165) is 17.7 Å². The van der Waals surface area contributed by atoms with Crippen molar-refractivity contribution in [1.82, 2.24) is 15.5 Å². The van der Waals surface area contributed by atoms with Crippen LogP contribution < -0.4 is 15.4 Å². The van der Waals surface area contributed by atoms with E-state index in [1.807, 2.05) is 31.2 Å². The first-order chi connectivity index (χ1) is 10.1. The van der Waals surface area contributed by atoms with E-state index >= 15 is 0 Å². The van der Waals surface area contributed by atoms with E-state index in [9.17, 15) is 9.59 Å². The van der Waals surface area contributed by atoms with Crippen LogP contribution in [0.3, 0.4) is 0 Å². The van der Waals surface area contributed by atoms with Crippen molar-refractivity contribution in [1.29, 1.82) is 0 Å². The minimum absolute atomic E-state index is 0.0794. The molecule has 3 amide bonds. The van der Waals surface area contributed by atoms with Crippen LogP contribution in [0.15, 0.2) is 24.3 Å². The molecule has 0 unspecified atom stereocenters. The summed E-state index contributed by atoms with van der Waals surface area (Å²) in [5.74, 6) is 0.794. The largest absolute Gasteiger partial charge is 0.493 e. The second-order valence-electron chi connectivity index (χ2n) is 5.13. The second-order valence-corrected chi connectivity index (χ2v) is 5.13. The highest BCUT2D eigenvalue weighted by molar-refractivity contribution is 5.90. The van der Waals surface area contributed by atoms with E-state index < -0.39 is 6.04 Å². The molecule has 1 saturated heterocycles. The van der Waals surface area contributed by atoms with Crippen molar-refractivity contribution in [3.8, 4) is 5.75 Å². The molecule has 0 bridgehead atoms. The molecule has 6 nitrogen and oxygen atoms in total. The number of aryl methyl sites for hydroxylation is 1. The summed E-state index contributed by atoms with van der Waals surface area (Å²) in [5, 5.41) is 5.16. The minimum atomic E-state index is -0.459. The molecule has 1 atom stereocenters. The molecule has 0 radical (unpaired) electrons. The molecule has 1 heterocycles. The predicted octanol–water partition coefficient (Wildman–Crippen LogP) is 0.904. The third-order valence-electron chi connectivity index (χ3n) is 3.44. The van der Waals surface area contributed by atoms with Gasteiger partial charge in [-0.1, -0.05) is 18.2 Å². The van der Waals surface area contributed by atoms with Gasteiger partial charge in [0.1, 0.15) is 11.8 Å². The Morgan fingerprint density at radius 1 is 1.43 bits per heavy atom. The van der Waals surface area contributed by atoms with Crippen molar-refractivity contribution in [2.24, 2.45) is 0 Å². The molecular weight excluding hydrogens is 270 g/mol. The lowest BCUT2D eigenvalue weighted by Gasteiger charge is -2.20. The molecule has 114 valence electrons. The van der Waals surface area contributed by atoms with Crippen molar-refractivity contribution < 1.29 is 14.3 Å². The number of rotatable bonds is 6. The van der Waals surface area contributed by atoms with Crippen LogP contribution in [0.5, 0.6) is 5.75 Å². The van der Waals surface area contributed by atoms with Gasteiger partial charge in [0.2, 0.25) is 5.91 Å². The lowest BCUT2D eigenvalue weighted by atomic mass is 10.2. The zero-order chi connectivity index (χ0) is 15.2. The van der Waals surface area contributed by atoms with Gasteiger partial charge in [0.05, 0.1) is 6.61 Å². The van der Waals surface area contributed by atoms with Crippen LogP contribution in [0, 0.1) is 6.92 Å². The number of hydrogen-bond acceptors (Lipinski definition) is 3. The van der Waals surface area contributed by atoms with Crippen molar-refractivity contribution in [2.45, 2.75) is 19.4 Å². The highest BCUT2D eigenvalue weighted by Crippen LogP contribution is 2.16. The van der Waals surface area contributed by atoms with Gasteiger partial charge >= 0.3 is 6.03 Å². The molecule has 1 aliphatic rings. The Kier molecular flexibility index (Phi) is 5.03. The number of carbonyl (C=O) groups is 2. The monoisotopic (exact) mass is 291 g/mol. The van der Waals surface area contributed by atoms with E-state index in [-0.39, 0.29) is 11.9 Å². The van der Waals surface area contributed by atoms with Crippen LogP contribution in [-0.4, -0.2) is 49.6 Å². The zero-order valence-corrected chi connectivity index (χ0v) is 12.4. The average Bonchev–Trinajstić information content (AvgIpc) is 2.91. The molecule has 2 rings (SSSR count). The number of likely N-dealkylation sites (N-methyl/N-ethyl adjacent to an activating group) is 1.